The Hall–Kier alpha value is -1.25. The van der Waals surface area contributed by atoms with Crippen LogP contribution < -0.4 is 10.7 Å². The molecule has 72 valence electrons. The van der Waals surface area contributed by atoms with Crippen LogP contribution in [-0.2, 0) is 0 Å². The first-order valence-electron chi connectivity index (χ1n) is 4.73. The van der Waals surface area contributed by atoms with Crippen molar-refractivity contribution >= 4 is 6.21 Å². The molecule has 0 saturated carbocycles. The fourth-order valence-electron chi connectivity index (χ4n) is 1.42. The van der Waals surface area contributed by atoms with E-state index in [0.717, 1.165) is 18.5 Å². The van der Waals surface area contributed by atoms with Gasteiger partial charge in [0.05, 0.1) is 5.70 Å². The molecule has 2 N–H and O–H groups in total. The molecule has 1 heterocycles. The number of nitrogens with one attached hydrogen (secondary N) is 2. The summed E-state index contributed by atoms with van der Waals surface area (Å²) in [4.78, 5) is 0. The number of hydrazone groups is 1. The molecule has 0 saturated heterocycles. The van der Waals surface area contributed by atoms with Crippen LogP contribution in [-0.4, -0.2) is 13.3 Å². The van der Waals surface area contributed by atoms with Crippen LogP contribution in [0.1, 0.15) is 26.7 Å². The first-order chi connectivity index (χ1) is 6.33. The highest BCUT2D eigenvalue weighted by Gasteiger charge is 2.09. The molecular formula is C10H17N3. The number of hydrogen-bond acceptors (Lipinski definition) is 3. The van der Waals surface area contributed by atoms with Gasteiger partial charge in [-0.3, -0.25) is 5.43 Å². The molecule has 0 aliphatic carbocycles. The Morgan fingerprint density at radius 1 is 1.54 bits per heavy atom. The molecule has 0 aromatic rings. The first-order valence-corrected chi connectivity index (χ1v) is 4.73. The Morgan fingerprint density at radius 2 is 2.31 bits per heavy atom. The Morgan fingerprint density at radius 3 is 2.85 bits per heavy atom. The molecule has 0 radical (unpaired) electrons. The number of allylic oxidation sites excluding steroid dienone is 3. The summed E-state index contributed by atoms with van der Waals surface area (Å²) in [5, 5.41) is 7.21. The van der Waals surface area contributed by atoms with E-state index in [4.69, 9.17) is 0 Å². The highest BCUT2D eigenvalue weighted by atomic mass is 15.3. The second-order valence-corrected chi connectivity index (χ2v) is 2.89. The van der Waals surface area contributed by atoms with Gasteiger partial charge in [-0.2, -0.15) is 5.10 Å². The van der Waals surface area contributed by atoms with E-state index < -0.39 is 0 Å². The smallest absolute Gasteiger partial charge is 0.0783 e. The molecule has 13 heavy (non-hydrogen) atoms. The average Bonchev–Trinajstić information content (AvgIpc) is 2.20. The second kappa shape index (κ2) is 4.70. The lowest BCUT2D eigenvalue weighted by Gasteiger charge is -2.17. The van der Waals surface area contributed by atoms with Crippen LogP contribution in [0.25, 0.3) is 0 Å². The van der Waals surface area contributed by atoms with Crippen molar-refractivity contribution in [1.82, 2.24) is 10.7 Å². The molecule has 0 unspecified atom stereocenters. The van der Waals surface area contributed by atoms with Gasteiger partial charge < -0.3 is 5.32 Å². The van der Waals surface area contributed by atoms with E-state index in [1.165, 1.54) is 11.3 Å². The maximum atomic E-state index is 4.02. The van der Waals surface area contributed by atoms with E-state index in [9.17, 15) is 0 Å². The van der Waals surface area contributed by atoms with E-state index in [2.05, 4.69) is 35.8 Å². The van der Waals surface area contributed by atoms with Crippen LogP contribution in [0.15, 0.2) is 28.1 Å². The zero-order valence-corrected chi connectivity index (χ0v) is 8.52. The molecule has 1 rings (SSSR count). The van der Waals surface area contributed by atoms with Gasteiger partial charge in [0.1, 0.15) is 0 Å². The standard InChI is InChI=1S/C10H17N3/c1-4-8-6-7-12-13-10(8)9(5-2)11-3/h6-7,11,13H,4-5H2,1-3H3/b10-9-. The highest BCUT2D eigenvalue weighted by molar-refractivity contribution is 5.75. The van der Waals surface area contributed by atoms with Gasteiger partial charge in [-0.15, -0.1) is 0 Å². The van der Waals surface area contributed by atoms with Crippen molar-refractivity contribution in [2.24, 2.45) is 5.10 Å². The maximum absolute atomic E-state index is 4.02. The van der Waals surface area contributed by atoms with E-state index >= 15 is 0 Å². The first kappa shape index (κ1) is 9.84. The van der Waals surface area contributed by atoms with Crippen LogP contribution in [0.5, 0.6) is 0 Å². The van der Waals surface area contributed by atoms with Crippen molar-refractivity contribution in [1.29, 1.82) is 0 Å². The van der Waals surface area contributed by atoms with Crippen LogP contribution in [0, 0.1) is 0 Å². The molecule has 3 nitrogen and oxygen atoms in total. The largest absolute Gasteiger partial charge is 0.390 e. The molecule has 0 atom stereocenters. The minimum absolute atomic E-state index is 0.992. The maximum Gasteiger partial charge on any atom is 0.0783 e. The van der Waals surface area contributed by atoms with E-state index in [1.807, 2.05) is 7.05 Å². The topological polar surface area (TPSA) is 36.4 Å². The number of nitrogens with zero attached hydrogens (tertiary/aromatic N) is 1. The van der Waals surface area contributed by atoms with Gasteiger partial charge in [0.2, 0.25) is 0 Å². The average molecular weight is 179 g/mol. The second-order valence-electron chi connectivity index (χ2n) is 2.89. The van der Waals surface area contributed by atoms with Gasteiger partial charge >= 0.3 is 0 Å². The Bertz CT molecular complexity index is 255. The molecule has 0 fully saturated rings. The molecule has 0 bridgehead atoms. The molecule has 0 amide bonds. The molecule has 0 spiro atoms. The SMILES string of the molecule is CCC1=CC=NN/C1=C(/CC)NC. The summed E-state index contributed by atoms with van der Waals surface area (Å²) in [5.41, 5.74) is 6.69. The Kier molecular flexibility index (Phi) is 3.55. The quantitative estimate of drug-likeness (QED) is 0.692. The molecule has 0 aromatic carbocycles. The third-order valence-corrected chi connectivity index (χ3v) is 2.19. The summed E-state index contributed by atoms with van der Waals surface area (Å²) >= 11 is 0. The lowest BCUT2D eigenvalue weighted by atomic mass is 10.1. The van der Waals surface area contributed by atoms with Crippen molar-refractivity contribution in [3.05, 3.63) is 23.0 Å². The van der Waals surface area contributed by atoms with Crippen molar-refractivity contribution in [2.75, 3.05) is 7.05 Å². The van der Waals surface area contributed by atoms with Crippen LogP contribution in [0.2, 0.25) is 0 Å². The highest BCUT2D eigenvalue weighted by Crippen LogP contribution is 2.17. The molecular weight excluding hydrogens is 162 g/mol. The summed E-state index contributed by atoms with van der Waals surface area (Å²) in [6.45, 7) is 4.28. The normalized spacial score (nSPS) is 19.2. The van der Waals surface area contributed by atoms with Crippen LogP contribution in [0.3, 0.4) is 0 Å². The number of hydrogen-bond donors (Lipinski definition) is 2. The van der Waals surface area contributed by atoms with Crippen molar-refractivity contribution < 1.29 is 0 Å². The van der Waals surface area contributed by atoms with Crippen LogP contribution >= 0.6 is 0 Å². The summed E-state index contributed by atoms with van der Waals surface area (Å²) in [6, 6.07) is 0. The molecule has 3 heteroatoms. The van der Waals surface area contributed by atoms with Gasteiger partial charge in [0.25, 0.3) is 0 Å². The zero-order valence-electron chi connectivity index (χ0n) is 8.52. The molecule has 0 aromatic heterocycles. The van der Waals surface area contributed by atoms with E-state index in [0.29, 0.717) is 0 Å². The predicted octanol–water partition coefficient (Wildman–Crippen LogP) is 1.75. The minimum Gasteiger partial charge on any atom is -0.390 e. The summed E-state index contributed by atoms with van der Waals surface area (Å²) in [7, 11) is 1.94. The molecule has 1 aliphatic rings. The van der Waals surface area contributed by atoms with Gasteiger partial charge in [0.15, 0.2) is 0 Å². The summed E-state index contributed by atoms with van der Waals surface area (Å²) in [5.74, 6) is 0. The monoisotopic (exact) mass is 179 g/mol. The lowest BCUT2D eigenvalue weighted by Crippen LogP contribution is -2.20. The van der Waals surface area contributed by atoms with Gasteiger partial charge in [-0.05, 0) is 24.5 Å². The third-order valence-electron chi connectivity index (χ3n) is 2.19. The van der Waals surface area contributed by atoms with E-state index in [1.54, 1.807) is 6.21 Å². The number of rotatable bonds is 3. The lowest BCUT2D eigenvalue weighted by molar-refractivity contribution is 0.785. The fraction of sp³-hybridized carbons (Fsp3) is 0.500. The minimum atomic E-state index is 0.992. The predicted molar refractivity (Wildman–Crippen MR) is 56.4 cm³/mol. The summed E-state index contributed by atoms with van der Waals surface area (Å²) < 4.78 is 0. The zero-order chi connectivity index (χ0) is 9.68. The van der Waals surface area contributed by atoms with Gasteiger partial charge in [-0.1, -0.05) is 13.8 Å². The summed E-state index contributed by atoms with van der Waals surface area (Å²) in [6.07, 6.45) is 5.87. The van der Waals surface area contributed by atoms with E-state index in [-0.39, 0.29) is 0 Å². The van der Waals surface area contributed by atoms with Gasteiger partial charge in [-0.25, -0.2) is 0 Å². The fourth-order valence-corrected chi connectivity index (χ4v) is 1.42. The van der Waals surface area contributed by atoms with Crippen LogP contribution in [0.4, 0.5) is 0 Å². The van der Waals surface area contributed by atoms with Crippen molar-refractivity contribution in [2.45, 2.75) is 26.7 Å². The Balaban J connectivity index is 2.96. The van der Waals surface area contributed by atoms with Crippen molar-refractivity contribution in [3.63, 3.8) is 0 Å². The third kappa shape index (κ3) is 2.11. The molecule has 1 aliphatic heterocycles. The Labute approximate surface area is 79.6 Å². The van der Waals surface area contributed by atoms with Crippen molar-refractivity contribution in [3.8, 4) is 0 Å². The van der Waals surface area contributed by atoms with Gasteiger partial charge in [0, 0.05) is 19.0 Å².